The van der Waals surface area contributed by atoms with Crippen molar-refractivity contribution in [3.8, 4) is 0 Å². The number of nitrogens with one attached hydrogen (secondary N) is 1. The van der Waals surface area contributed by atoms with Crippen LogP contribution in [-0.2, 0) is 10.2 Å². The number of pyridine rings is 1. The topological polar surface area (TPSA) is 62.3 Å². The molecule has 1 aromatic rings. The lowest BCUT2D eigenvalue weighted by Crippen LogP contribution is -2.35. The molecule has 0 saturated carbocycles. The first-order chi connectivity index (χ1) is 7.49. The zero-order valence-electron chi connectivity index (χ0n) is 9.14. The normalized spacial score (nSPS) is 11.8. The van der Waals surface area contributed by atoms with E-state index in [1.807, 2.05) is 0 Å². The highest BCUT2D eigenvalue weighted by Gasteiger charge is 2.18. The molecule has 0 fully saturated rings. The van der Waals surface area contributed by atoms with E-state index in [1.165, 1.54) is 4.31 Å². The summed E-state index contributed by atoms with van der Waals surface area (Å²) in [5.74, 6) is 0.222. The van der Waals surface area contributed by atoms with Gasteiger partial charge in [-0.2, -0.15) is 12.7 Å². The molecule has 0 bridgehead atoms. The van der Waals surface area contributed by atoms with E-state index < -0.39 is 10.2 Å². The number of nitrogens with zero attached hydrogens (tertiary/aromatic N) is 2. The SMILES string of the molecule is CCN(CC)S(=O)(=O)Nc1cccc(Cl)n1. The summed E-state index contributed by atoms with van der Waals surface area (Å²) < 4.78 is 27.3. The molecule has 16 heavy (non-hydrogen) atoms. The monoisotopic (exact) mass is 263 g/mol. The van der Waals surface area contributed by atoms with Crippen LogP contribution in [0.4, 0.5) is 5.82 Å². The Hall–Kier alpha value is -0.850. The van der Waals surface area contributed by atoms with Crippen molar-refractivity contribution in [3.05, 3.63) is 23.4 Å². The van der Waals surface area contributed by atoms with E-state index in [0.29, 0.717) is 13.1 Å². The molecule has 1 aromatic heterocycles. The van der Waals surface area contributed by atoms with Crippen LogP contribution in [-0.4, -0.2) is 30.8 Å². The Morgan fingerprint density at radius 2 is 2.00 bits per heavy atom. The first-order valence-corrected chi connectivity index (χ1v) is 6.71. The number of hydrogen-bond acceptors (Lipinski definition) is 3. The molecule has 7 heteroatoms. The highest BCUT2D eigenvalue weighted by atomic mass is 35.5. The van der Waals surface area contributed by atoms with Crippen molar-refractivity contribution >= 4 is 27.6 Å². The maximum Gasteiger partial charge on any atom is 0.302 e. The Kier molecular flexibility index (Phi) is 4.52. The molecule has 1 rings (SSSR count). The van der Waals surface area contributed by atoms with Crippen molar-refractivity contribution < 1.29 is 8.42 Å². The van der Waals surface area contributed by atoms with Gasteiger partial charge in [-0.3, -0.25) is 4.72 Å². The summed E-state index contributed by atoms with van der Waals surface area (Å²) in [7, 11) is -3.53. The molecular weight excluding hydrogens is 250 g/mol. The van der Waals surface area contributed by atoms with E-state index in [2.05, 4.69) is 9.71 Å². The van der Waals surface area contributed by atoms with Gasteiger partial charge in [0.2, 0.25) is 0 Å². The summed E-state index contributed by atoms with van der Waals surface area (Å²) >= 11 is 5.66. The second kappa shape index (κ2) is 5.47. The van der Waals surface area contributed by atoms with Gasteiger partial charge in [0.1, 0.15) is 11.0 Å². The third-order valence-electron chi connectivity index (χ3n) is 1.99. The van der Waals surface area contributed by atoms with E-state index in [0.717, 1.165) is 0 Å². The fraction of sp³-hybridized carbons (Fsp3) is 0.444. The second-order valence-electron chi connectivity index (χ2n) is 3.04. The predicted octanol–water partition coefficient (Wildman–Crippen LogP) is 1.73. The Bertz CT molecular complexity index is 446. The zero-order chi connectivity index (χ0) is 12.2. The third-order valence-corrected chi connectivity index (χ3v) is 3.87. The summed E-state index contributed by atoms with van der Waals surface area (Å²) in [4.78, 5) is 3.86. The van der Waals surface area contributed by atoms with Gasteiger partial charge in [0, 0.05) is 13.1 Å². The molecular formula is C9H14ClN3O2S. The van der Waals surface area contributed by atoms with Gasteiger partial charge < -0.3 is 0 Å². The lowest BCUT2D eigenvalue weighted by molar-refractivity contribution is 0.449. The zero-order valence-corrected chi connectivity index (χ0v) is 10.7. The molecule has 0 aromatic carbocycles. The molecule has 0 amide bonds. The van der Waals surface area contributed by atoms with Crippen molar-refractivity contribution in [1.29, 1.82) is 0 Å². The first-order valence-electron chi connectivity index (χ1n) is 4.90. The standard InChI is InChI=1S/C9H14ClN3O2S/c1-3-13(4-2)16(14,15)12-9-7-5-6-8(10)11-9/h5-7H,3-4H2,1-2H3,(H,11,12). The molecule has 5 nitrogen and oxygen atoms in total. The average molecular weight is 264 g/mol. The molecule has 0 radical (unpaired) electrons. The van der Waals surface area contributed by atoms with Gasteiger partial charge in [-0.25, -0.2) is 4.98 Å². The second-order valence-corrected chi connectivity index (χ2v) is 5.09. The number of anilines is 1. The Morgan fingerprint density at radius 1 is 1.38 bits per heavy atom. The minimum atomic E-state index is -3.53. The molecule has 1 N–H and O–H groups in total. The van der Waals surface area contributed by atoms with Crippen LogP contribution in [0.15, 0.2) is 18.2 Å². The Morgan fingerprint density at radius 3 is 2.50 bits per heavy atom. The molecule has 1 heterocycles. The Labute approximate surface area is 101 Å². The lowest BCUT2D eigenvalue weighted by atomic mass is 10.5. The van der Waals surface area contributed by atoms with E-state index >= 15 is 0 Å². The van der Waals surface area contributed by atoms with Crippen LogP contribution >= 0.6 is 11.6 Å². The summed E-state index contributed by atoms with van der Waals surface area (Å²) in [6.45, 7) is 4.36. The van der Waals surface area contributed by atoms with Crippen LogP contribution in [0.2, 0.25) is 5.15 Å². The van der Waals surface area contributed by atoms with E-state index in [4.69, 9.17) is 11.6 Å². The Balaban J connectivity index is 2.88. The van der Waals surface area contributed by atoms with E-state index in [1.54, 1.807) is 32.0 Å². The molecule has 90 valence electrons. The minimum absolute atomic E-state index is 0.222. The summed E-state index contributed by atoms with van der Waals surface area (Å²) in [5.41, 5.74) is 0. The molecule has 0 atom stereocenters. The van der Waals surface area contributed by atoms with Gasteiger partial charge in [-0.15, -0.1) is 0 Å². The average Bonchev–Trinajstić information content (AvgIpc) is 2.18. The molecule has 0 saturated heterocycles. The molecule has 0 spiro atoms. The molecule has 0 aliphatic carbocycles. The van der Waals surface area contributed by atoms with Gasteiger partial charge >= 0.3 is 10.2 Å². The fourth-order valence-corrected chi connectivity index (χ4v) is 2.58. The summed E-state index contributed by atoms with van der Waals surface area (Å²) in [5, 5.41) is 0.250. The van der Waals surface area contributed by atoms with Gasteiger partial charge in [-0.1, -0.05) is 31.5 Å². The van der Waals surface area contributed by atoms with Crippen LogP contribution < -0.4 is 4.72 Å². The predicted molar refractivity (Wildman–Crippen MR) is 64.7 cm³/mol. The highest BCUT2D eigenvalue weighted by molar-refractivity contribution is 7.90. The van der Waals surface area contributed by atoms with Crippen molar-refractivity contribution in [1.82, 2.24) is 9.29 Å². The first kappa shape index (κ1) is 13.2. The molecule has 0 aliphatic rings. The van der Waals surface area contributed by atoms with Crippen LogP contribution in [0, 0.1) is 0 Å². The van der Waals surface area contributed by atoms with Crippen molar-refractivity contribution in [3.63, 3.8) is 0 Å². The largest absolute Gasteiger partial charge is 0.302 e. The van der Waals surface area contributed by atoms with Gasteiger partial charge in [0.15, 0.2) is 0 Å². The maximum atomic E-state index is 11.8. The summed E-state index contributed by atoms with van der Waals surface area (Å²) in [6.07, 6.45) is 0. The van der Waals surface area contributed by atoms with E-state index in [9.17, 15) is 8.42 Å². The van der Waals surface area contributed by atoms with Crippen molar-refractivity contribution in [2.24, 2.45) is 0 Å². The lowest BCUT2D eigenvalue weighted by Gasteiger charge is -2.18. The number of aromatic nitrogens is 1. The fourth-order valence-electron chi connectivity index (χ4n) is 1.23. The van der Waals surface area contributed by atoms with Crippen LogP contribution in [0.1, 0.15) is 13.8 Å². The van der Waals surface area contributed by atoms with Crippen LogP contribution in [0.3, 0.4) is 0 Å². The number of hydrogen-bond donors (Lipinski definition) is 1. The van der Waals surface area contributed by atoms with E-state index in [-0.39, 0.29) is 11.0 Å². The van der Waals surface area contributed by atoms with Crippen LogP contribution in [0.5, 0.6) is 0 Å². The number of rotatable bonds is 5. The quantitative estimate of drug-likeness (QED) is 0.823. The smallest absolute Gasteiger partial charge is 0.254 e. The minimum Gasteiger partial charge on any atom is -0.254 e. The van der Waals surface area contributed by atoms with Gasteiger partial charge in [-0.05, 0) is 12.1 Å². The van der Waals surface area contributed by atoms with Gasteiger partial charge in [0.05, 0.1) is 0 Å². The third kappa shape index (κ3) is 3.33. The van der Waals surface area contributed by atoms with Crippen molar-refractivity contribution in [2.45, 2.75) is 13.8 Å². The summed E-state index contributed by atoms with van der Waals surface area (Å²) in [6, 6.07) is 4.76. The maximum absolute atomic E-state index is 11.8. The molecule has 0 unspecified atom stereocenters. The highest BCUT2D eigenvalue weighted by Crippen LogP contribution is 2.12. The number of halogens is 1. The molecule has 0 aliphatic heterocycles. The van der Waals surface area contributed by atoms with Gasteiger partial charge in [0.25, 0.3) is 0 Å². The van der Waals surface area contributed by atoms with Crippen molar-refractivity contribution in [2.75, 3.05) is 17.8 Å². The van der Waals surface area contributed by atoms with Crippen LogP contribution in [0.25, 0.3) is 0 Å².